The van der Waals surface area contributed by atoms with Gasteiger partial charge in [0.15, 0.2) is 18.2 Å². The Morgan fingerprint density at radius 2 is 1.91 bits per heavy atom. The normalized spacial score (nSPS) is 14.4. The molecular weight excluding hydrogens is 411 g/mol. The SMILES string of the molecule is COc1ccc(OCC(=O)Nc2ccc3nc(N4CCN(C)CC4)cc(C)c3c2)c(F)c1. The average Bonchev–Trinajstić information content (AvgIpc) is 2.79. The number of aromatic nitrogens is 1. The van der Waals surface area contributed by atoms with Gasteiger partial charge in [-0.25, -0.2) is 9.37 Å². The predicted octanol–water partition coefficient (Wildman–Crippen LogP) is 3.46. The molecule has 3 aromatic rings. The highest BCUT2D eigenvalue weighted by Crippen LogP contribution is 2.26. The van der Waals surface area contributed by atoms with Crippen molar-refractivity contribution in [1.82, 2.24) is 9.88 Å². The number of benzene rings is 2. The first-order chi connectivity index (χ1) is 15.4. The zero-order valence-corrected chi connectivity index (χ0v) is 18.5. The third kappa shape index (κ3) is 4.91. The quantitative estimate of drug-likeness (QED) is 0.636. The summed E-state index contributed by atoms with van der Waals surface area (Å²) in [7, 11) is 3.58. The Bertz CT molecular complexity index is 1130. The standard InChI is InChI=1S/C24H27FN4O3/c1-16-12-23(29-10-8-28(2)9-11-29)27-21-6-4-17(13-19(16)21)26-24(30)15-32-22-7-5-18(31-3)14-20(22)25/h4-7,12-14H,8-11,15H2,1-3H3,(H,26,30). The van der Waals surface area contributed by atoms with Crippen LogP contribution in [0.5, 0.6) is 11.5 Å². The van der Waals surface area contributed by atoms with Crippen LogP contribution >= 0.6 is 0 Å². The van der Waals surface area contributed by atoms with Gasteiger partial charge >= 0.3 is 0 Å². The van der Waals surface area contributed by atoms with Gasteiger partial charge in [-0.2, -0.15) is 0 Å². The van der Waals surface area contributed by atoms with Crippen molar-refractivity contribution in [1.29, 1.82) is 0 Å². The van der Waals surface area contributed by atoms with Crippen LogP contribution in [0.15, 0.2) is 42.5 Å². The molecule has 0 saturated carbocycles. The van der Waals surface area contributed by atoms with E-state index in [1.54, 1.807) is 6.07 Å². The number of amides is 1. The highest BCUT2D eigenvalue weighted by Gasteiger charge is 2.17. The molecule has 1 fully saturated rings. The largest absolute Gasteiger partial charge is 0.497 e. The van der Waals surface area contributed by atoms with Crippen molar-refractivity contribution in [2.75, 3.05) is 57.2 Å². The number of nitrogens with one attached hydrogen (secondary N) is 1. The van der Waals surface area contributed by atoms with Crippen LogP contribution in [-0.4, -0.2) is 62.7 Å². The molecule has 0 unspecified atom stereocenters. The number of aryl methyl sites for hydroxylation is 1. The molecule has 7 nitrogen and oxygen atoms in total. The summed E-state index contributed by atoms with van der Waals surface area (Å²) in [6.07, 6.45) is 0. The lowest BCUT2D eigenvalue weighted by Gasteiger charge is -2.33. The molecule has 32 heavy (non-hydrogen) atoms. The molecule has 2 heterocycles. The molecule has 1 saturated heterocycles. The van der Waals surface area contributed by atoms with Crippen molar-refractivity contribution in [3.63, 3.8) is 0 Å². The lowest BCUT2D eigenvalue weighted by molar-refractivity contribution is -0.118. The Morgan fingerprint density at radius 1 is 1.12 bits per heavy atom. The number of anilines is 2. The van der Waals surface area contributed by atoms with Gasteiger partial charge in [-0.1, -0.05) is 0 Å². The average molecular weight is 439 g/mol. The number of hydrogen-bond acceptors (Lipinski definition) is 6. The zero-order chi connectivity index (χ0) is 22.7. The first-order valence-electron chi connectivity index (χ1n) is 10.5. The van der Waals surface area contributed by atoms with Crippen LogP contribution in [0.2, 0.25) is 0 Å². The summed E-state index contributed by atoms with van der Waals surface area (Å²) in [6.45, 7) is 5.69. The van der Waals surface area contributed by atoms with E-state index in [1.807, 2.05) is 25.1 Å². The highest BCUT2D eigenvalue weighted by molar-refractivity contribution is 5.95. The summed E-state index contributed by atoms with van der Waals surface area (Å²) in [5.74, 6) is 0.404. The van der Waals surface area contributed by atoms with Gasteiger partial charge in [0.05, 0.1) is 12.6 Å². The Balaban J connectivity index is 1.42. The van der Waals surface area contributed by atoms with Gasteiger partial charge in [0, 0.05) is 43.3 Å². The van der Waals surface area contributed by atoms with Crippen molar-refractivity contribution < 1.29 is 18.7 Å². The number of carbonyl (C=O) groups excluding carboxylic acids is 1. The minimum absolute atomic E-state index is 0.00376. The van der Waals surface area contributed by atoms with E-state index >= 15 is 0 Å². The van der Waals surface area contributed by atoms with Crippen LogP contribution in [0.1, 0.15) is 5.56 Å². The molecule has 0 radical (unpaired) electrons. The minimum atomic E-state index is -0.583. The molecule has 1 aromatic heterocycles. The van der Waals surface area contributed by atoms with Crippen molar-refractivity contribution >= 4 is 28.3 Å². The molecule has 1 N–H and O–H groups in total. The molecule has 1 amide bonds. The molecular formula is C24H27FN4O3. The van der Waals surface area contributed by atoms with Crippen molar-refractivity contribution in [3.8, 4) is 11.5 Å². The fourth-order valence-electron chi connectivity index (χ4n) is 3.72. The second-order valence-corrected chi connectivity index (χ2v) is 7.95. The number of pyridine rings is 1. The van der Waals surface area contributed by atoms with Crippen LogP contribution in [0.3, 0.4) is 0 Å². The third-order valence-electron chi connectivity index (χ3n) is 5.61. The number of ether oxygens (including phenoxy) is 2. The first-order valence-corrected chi connectivity index (χ1v) is 10.5. The number of rotatable bonds is 6. The second-order valence-electron chi connectivity index (χ2n) is 7.95. The summed E-state index contributed by atoms with van der Waals surface area (Å²) in [6, 6.07) is 11.9. The fraction of sp³-hybridized carbons (Fsp3) is 0.333. The first kappa shape index (κ1) is 21.8. The van der Waals surface area contributed by atoms with E-state index < -0.39 is 5.82 Å². The smallest absolute Gasteiger partial charge is 0.262 e. The van der Waals surface area contributed by atoms with Crippen LogP contribution in [0.4, 0.5) is 15.9 Å². The molecule has 0 spiro atoms. The number of nitrogens with zero attached hydrogens (tertiary/aromatic N) is 3. The van der Waals surface area contributed by atoms with E-state index in [2.05, 4.69) is 28.2 Å². The number of fused-ring (bicyclic) bond motifs is 1. The maximum atomic E-state index is 14.0. The van der Waals surface area contributed by atoms with Gasteiger partial charge in [0.1, 0.15) is 11.6 Å². The van der Waals surface area contributed by atoms with Gasteiger partial charge in [-0.3, -0.25) is 4.79 Å². The number of halogens is 1. The molecule has 1 aliphatic heterocycles. The zero-order valence-electron chi connectivity index (χ0n) is 18.5. The van der Waals surface area contributed by atoms with Crippen LogP contribution < -0.4 is 19.7 Å². The van der Waals surface area contributed by atoms with Crippen molar-refractivity contribution in [3.05, 3.63) is 53.8 Å². The Kier molecular flexibility index (Phi) is 6.41. The monoisotopic (exact) mass is 438 g/mol. The number of piperazine rings is 1. The van der Waals surface area contributed by atoms with Gasteiger partial charge in [-0.05, 0) is 55.9 Å². The Morgan fingerprint density at radius 3 is 2.62 bits per heavy atom. The Labute approximate surface area is 186 Å². The number of hydrogen-bond donors (Lipinski definition) is 1. The van der Waals surface area contributed by atoms with E-state index in [4.69, 9.17) is 14.5 Å². The minimum Gasteiger partial charge on any atom is -0.497 e. The van der Waals surface area contributed by atoms with E-state index in [9.17, 15) is 9.18 Å². The van der Waals surface area contributed by atoms with E-state index in [0.29, 0.717) is 11.4 Å². The molecule has 2 aromatic carbocycles. The summed E-state index contributed by atoms with van der Waals surface area (Å²) in [5.41, 5.74) is 2.61. The summed E-state index contributed by atoms with van der Waals surface area (Å²) in [5, 5.41) is 3.78. The van der Waals surface area contributed by atoms with E-state index in [-0.39, 0.29) is 18.3 Å². The topological polar surface area (TPSA) is 66.9 Å². The van der Waals surface area contributed by atoms with Gasteiger partial charge in [0.2, 0.25) is 0 Å². The number of carbonyl (C=O) groups is 1. The summed E-state index contributed by atoms with van der Waals surface area (Å²) >= 11 is 0. The second kappa shape index (κ2) is 9.40. The lowest BCUT2D eigenvalue weighted by Crippen LogP contribution is -2.44. The summed E-state index contributed by atoms with van der Waals surface area (Å²) < 4.78 is 24.2. The molecule has 0 atom stereocenters. The predicted molar refractivity (Wildman–Crippen MR) is 123 cm³/mol. The Hall–Kier alpha value is -3.39. The van der Waals surface area contributed by atoms with Crippen molar-refractivity contribution in [2.24, 2.45) is 0 Å². The van der Waals surface area contributed by atoms with Crippen LogP contribution in [0, 0.1) is 12.7 Å². The van der Waals surface area contributed by atoms with Gasteiger partial charge in [-0.15, -0.1) is 0 Å². The summed E-state index contributed by atoms with van der Waals surface area (Å²) in [4.78, 5) is 21.8. The molecule has 168 valence electrons. The molecule has 1 aliphatic rings. The molecule has 8 heteroatoms. The molecule has 0 bridgehead atoms. The lowest BCUT2D eigenvalue weighted by atomic mass is 10.1. The number of likely N-dealkylation sites (N-methyl/N-ethyl adjacent to an activating group) is 1. The van der Waals surface area contributed by atoms with Gasteiger partial charge in [0.25, 0.3) is 5.91 Å². The maximum absolute atomic E-state index is 14.0. The van der Waals surface area contributed by atoms with Gasteiger partial charge < -0.3 is 24.6 Å². The van der Waals surface area contributed by atoms with Crippen LogP contribution in [-0.2, 0) is 4.79 Å². The van der Waals surface area contributed by atoms with Crippen LogP contribution in [0.25, 0.3) is 10.9 Å². The van der Waals surface area contributed by atoms with Crippen molar-refractivity contribution in [2.45, 2.75) is 6.92 Å². The number of methoxy groups -OCH3 is 1. The highest BCUT2D eigenvalue weighted by atomic mass is 19.1. The molecule has 4 rings (SSSR count). The van der Waals surface area contributed by atoms with E-state index in [1.165, 1.54) is 19.2 Å². The third-order valence-corrected chi connectivity index (χ3v) is 5.61. The maximum Gasteiger partial charge on any atom is 0.262 e. The fourth-order valence-corrected chi connectivity index (χ4v) is 3.72. The molecule has 0 aliphatic carbocycles. The van der Waals surface area contributed by atoms with E-state index in [0.717, 1.165) is 48.5 Å².